The third kappa shape index (κ3) is 1.27. The van der Waals surface area contributed by atoms with Crippen molar-refractivity contribution in [2.75, 3.05) is 0 Å². The van der Waals surface area contributed by atoms with Crippen LogP contribution in [-0.2, 0) is 0 Å². The van der Waals surface area contributed by atoms with Crippen molar-refractivity contribution in [3.8, 4) is 5.75 Å². The topological polar surface area (TPSA) is 20.2 Å². The van der Waals surface area contributed by atoms with Crippen molar-refractivity contribution in [2.45, 2.75) is 0 Å². The van der Waals surface area contributed by atoms with Gasteiger partial charge in [-0.25, -0.2) is 0 Å². The second-order valence-corrected chi connectivity index (χ2v) is 2.60. The molecule has 0 heterocycles. The van der Waals surface area contributed by atoms with Gasteiger partial charge in [0.05, 0.1) is 0 Å². The van der Waals surface area contributed by atoms with Crippen LogP contribution in [0.25, 0.3) is 0 Å². The van der Waals surface area contributed by atoms with Crippen LogP contribution in [0.5, 0.6) is 5.75 Å². The summed E-state index contributed by atoms with van der Waals surface area (Å²) in [6, 6.07) is 7.07. The molecule has 2 radical (unpaired) electrons. The standard InChI is InChI=1S/C6H5AsO/c7-5-2-1-3-6(8)4-5/h1-4,8H. The van der Waals surface area contributed by atoms with Gasteiger partial charge in [-0.05, 0) is 0 Å². The summed E-state index contributed by atoms with van der Waals surface area (Å²) in [5, 5.41) is 8.80. The molecule has 0 amide bonds. The molecule has 8 heavy (non-hydrogen) atoms. The molecule has 0 saturated heterocycles. The van der Waals surface area contributed by atoms with Gasteiger partial charge in [0, 0.05) is 0 Å². The van der Waals surface area contributed by atoms with Crippen molar-refractivity contribution >= 4 is 21.2 Å². The van der Waals surface area contributed by atoms with E-state index in [1.54, 1.807) is 12.1 Å². The van der Waals surface area contributed by atoms with Crippen LogP contribution in [0.4, 0.5) is 0 Å². The van der Waals surface area contributed by atoms with Crippen LogP contribution in [0.15, 0.2) is 24.3 Å². The summed E-state index contributed by atoms with van der Waals surface area (Å²) in [6.45, 7) is 0. The molecule has 0 saturated carbocycles. The quantitative estimate of drug-likeness (QED) is 0.548. The predicted molar refractivity (Wildman–Crippen MR) is 33.5 cm³/mol. The summed E-state index contributed by atoms with van der Waals surface area (Å²) in [6.07, 6.45) is 0. The minimum absolute atomic E-state index is 0.322. The molecule has 1 aromatic rings. The second kappa shape index (κ2) is 2.23. The van der Waals surface area contributed by atoms with E-state index in [0.717, 1.165) is 4.35 Å². The average molecular weight is 168 g/mol. The van der Waals surface area contributed by atoms with E-state index >= 15 is 0 Å². The van der Waals surface area contributed by atoms with Crippen molar-refractivity contribution in [3.63, 3.8) is 0 Å². The molecule has 0 aliphatic carbocycles. The fourth-order valence-electron chi connectivity index (χ4n) is 0.493. The Morgan fingerprint density at radius 1 is 1.38 bits per heavy atom. The third-order valence-corrected chi connectivity index (χ3v) is 1.41. The fourth-order valence-corrected chi connectivity index (χ4v) is 0.951. The maximum atomic E-state index is 8.80. The molecule has 0 fully saturated rings. The van der Waals surface area contributed by atoms with E-state index in [2.05, 4.69) is 16.9 Å². The molecule has 40 valence electrons. The molecular weight excluding hydrogens is 163 g/mol. The normalized spacial score (nSPS) is 9.12. The van der Waals surface area contributed by atoms with E-state index < -0.39 is 0 Å². The molecule has 1 N–H and O–H groups in total. The van der Waals surface area contributed by atoms with Crippen LogP contribution in [0, 0.1) is 0 Å². The van der Waals surface area contributed by atoms with Gasteiger partial charge in [0.2, 0.25) is 0 Å². The first-order valence-electron chi connectivity index (χ1n) is 2.27. The Bertz CT molecular complexity index is 168. The summed E-state index contributed by atoms with van der Waals surface area (Å²) in [4.78, 5) is 0. The second-order valence-electron chi connectivity index (χ2n) is 1.52. The molecule has 0 unspecified atom stereocenters. The molecule has 0 aromatic heterocycles. The first-order chi connectivity index (χ1) is 3.79. The van der Waals surface area contributed by atoms with E-state index in [0.29, 0.717) is 5.75 Å². The van der Waals surface area contributed by atoms with Crippen LogP contribution < -0.4 is 4.35 Å². The van der Waals surface area contributed by atoms with Gasteiger partial charge in [0.25, 0.3) is 0 Å². The van der Waals surface area contributed by atoms with E-state index in [1.807, 2.05) is 12.1 Å². The van der Waals surface area contributed by atoms with Crippen LogP contribution in [-0.4, -0.2) is 22.0 Å². The fraction of sp³-hybridized carbons (Fsp3) is 0. The molecule has 0 spiro atoms. The zero-order chi connectivity index (χ0) is 5.98. The zero-order valence-corrected chi connectivity index (χ0v) is 6.08. The van der Waals surface area contributed by atoms with E-state index in [4.69, 9.17) is 5.11 Å². The summed E-state index contributed by atoms with van der Waals surface area (Å²) in [5.41, 5.74) is 0. The summed E-state index contributed by atoms with van der Waals surface area (Å²) >= 11 is 2.36. The van der Waals surface area contributed by atoms with Crippen molar-refractivity contribution in [1.29, 1.82) is 0 Å². The first-order valence-corrected chi connectivity index (χ1v) is 3.21. The van der Waals surface area contributed by atoms with Gasteiger partial charge < -0.3 is 0 Å². The van der Waals surface area contributed by atoms with Crippen LogP contribution in [0.2, 0.25) is 0 Å². The molecule has 1 rings (SSSR count). The van der Waals surface area contributed by atoms with Gasteiger partial charge in [-0.15, -0.1) is 0 Å². The SMILES string of the molecule is Oc1cccc([As])c1. The van der Waals surface area contributed by atoms with Gasteiger partial charge in [0.1, 0.15) is 0 Å². The number of aromatic hydroxyl groups is 1. The number of phenols is 1. The van der Waals surface area contributed by atoms with Crippen LogP contribution >= 0.6 is 0 Å². The Labute approximate surface area is 56.8 Å². The molecule has 0 aliphatic heterocycles. The first kappa shape index (κ1) is 5.71. The number of rotatable bonds is 0. The van der Waals surface area contributed by atoms with Gasteiger partial charge in [-0.2, -0.15) is 0 Å². The van der Waals surface area contributed by atoms with Gasteiger partial charge >= 0.3 is 56.3 Å². The Morgan fingerprint density at radius 3 is 2.50 bits per heavy atom. The van der Waals surface area contributed by atoms with Gasteiger partial charge in [-0.3, -0.25) is 0 Å². The molecule has 2 heteroatoms. The van der Waals surface area contributed by atoms with Crippen molar-refractivity contribution < 1.29 is 5.11 Å². The molecule has 1 nitrogen and oxygen atoms in total. The summed E-state index contributed by atoms with van der Waals surface area (Å²) in [5.74, 6) is 0.322. The van der Waals surface area contributed by atoms with Crippen molar-refractivity contribution in [2.24, 2.45) is 0 Å². The Kier molecular flexibility index (Phi) is 1.59. The molecule has 0 aliphatic rings. The third-order valence-electron chi connectivity index (χ3n) is 0.830. The molecule has 0 atom stereocenters. The van der Waals surface area contributed by atoms with E-state index in [1.165, 1.54) is 0 Å². The average Bonchev–Trinajstić information content (AvgIpc) is 1.64. The van der Waals surface area contributed by atoms with Crippen LogP contribution in [0.3, 0.4) is 0 Å². The molecule has 1 aromatic carbocycles. The maximum absolute atomic E-state index is 8.80. The van der Waals surface area contributed by atoms with Crippen LogP contribution in [0.1, 0.15) is 0 Å². The number of benzene rings is 1. The monoisotopic (exact) mass is 168 g/mol. The Balaban J connectivity index is 3.08. The molecular formula is C6H5AsO. The predicted octanol–water partition coefficient (Wildman–Crippen LogP) is 0.186. The number of hydrogen-bond acceptors (Lipinski definition) is 1. The summed E-state index contributed by atoms with van der Waals surface area (Å²) < 4.78 is 1.03. The Hall–Kier alpha value is -0.422. The van der Waals surface area contributed by atoms with Gasteiger partial charge in [-0.1, -0.05) is 0 Å². The molecule has 0 bridgehead atoms. The van der Waals surface area contributed by atoms with E-state index in [9.17, 15) is 0 Å². The van der Waals surface area contributed by atoms with Crippen molar-refractivity contribution in [3.05, 3.63) is 24.3 Å². The Morgan fingerprint density at radius 2 is 2.12 bits per heavy atom. The van der Waals surface area contributed by atoms with Crippen molar-refractivity contribution in [1.82, 2.24) is 0 Å². The minimum atomic E-state index is 0.322. The summed E-state index contributed by atoms with van der Waals surface area (Å²) in [7, 11) is 0. The zero-order valence-electron chi connectivity index (χ0n) is 4.20. The van der Waals surface area contributed by atoms with Gasteiger partial charge in [0.15, 0.2) is 0 Å². The van der Waals surface area contributed by atoms with E-state index in [-0.39, 0.29) is 0 Å². The number of phenolic OH excluding ortho intramolecular Hbond substituents is 1. The number of hydrogen-bond donors (Lipinski definition) is 1.